The van der Waals surface area contributed by atoms with Crippen molar-refractivity contribution in [3.05, 3.63) is 54.1 Å². The number of methoxy groups -OCH3 is 1. The highest BCUT2D eigenvalue weighted by Crippen LogP contribution is 2.15. The zero-order chi connectivity index (χ0) is 21.4. The average Bonchev–Trinajstić information content (AvgIpc) is 2.72. The van der Waals surface area contributed by atoms with Gasteiger partial charge in [-0.2, -0.15) is 0 Å². The smallest absolute Gasteiger partial charge is 0.338 e. The van der Waals surface area contributed by atoms with Gasteiger partial charge < -0.3 is 14.8 Å². The summed E-state index contributed by atoms with van der Waals surface area (Å²) in [6.45, 7) is 3.16. The van der Waals surface area contributed by atoms with Crippen molar-refractivity contribution in [1.29, 1.82) is 0 Å². The first-order valence-corrected chi connectivity index (χ1v) is 10.5. The molecule has 0 saturated heterocycles. The molecular formula is C20H24N2O6S. The van der Waals surface area contributed by atoms with Gasteiger partial charge in [-0.25, -0.2) is 17.9 Å². The van der Waals surface area contributed by atoms with Crippen molar-refractivity contribution in [2.75, 3.05) is 19.0 Å². The number of nitrogens with one attached hydrogen (secondary N) is 2. The third-order valence-electron chi connectivity index (χ3n) is 4.08. The van der Waals surface area contributed by atoms with Gasteiger partial charge >= 0.3 is 5.97 Å². The third kappa shape index (κ3) is 6.58. The maximum absolute atomic E-state index is 12.2. The number of sulfonamides is 1. The number of carbonyl (C=O) groups excluding carboxylic acids is 2. The Bertz CT molecular complexity index is 940. The van der Waals surface area contributed by atoms with E-state index in [1.54, 1.807) is 31.2 Å². The summed E-state index contributed by atoms with van der Waals surface area (Å²) in [5.74, 6) is -0.576. The van der Waals surface area contributed by atoms with E-state index in [4.69, 9.17) is 9.47 Å². The Morgan fingerprint density at radius 2 is 1.66 bits per heavy atom. The van der Waals surface area contributed by atoms with Gasteiger partial charge in [0.15, 0.2) is 6.61 Å². The van der Waals surface area contributed by atoms with Crippen molar-refractivity contribution in [1.82, 2.24) is 4.72 Å². The molecule has 0 aliphatic rings. The number of ether oxygens (including phenoxy) is 2. The fraction of sp³-hybridized carbons (Fsp3) is 0.300. The Morgan fingerprint density at radius 3 is 2.21 bits per heavy atom. The minimum Gasteiger partial charge on any atom is -0.497 e. The first kappa shape index (κ1) is 22.4. The van der Waals surface area contributed by atoms with Crippen LogP contribution in [0.2, 0.25) is 0 Å². The van der Waals surface area contributed by atoms with E-state index < -0.39 is 28.5 Å². The second kappa shape index (κ2) is 10.0. The number of hydrogen-bond acceptors (Lipinski definition) is 6. The van der Waals surface area contributed by atoms with E-state index in [0.29, 0.717) is 17.9 Å². The molecule has 0 fully saturated rings. The van der Waals surface area contributed by atoms with E-state index in [9.17, 15) is 18.0 Å². The summed E-state index contributed by atoms with van der Waals surface area (Å²) < 4.78 is 37.0. The zero-order valence-corrected chi connectivity index (χ0v) is 17.3. The van der Waals surface area contributed by atoms with Gasteiger partial charge in [0.1, 0.15) is 5.75 Å². The molecule has 8 nitrogen and oxygen atoms in total. The monoisotopic (exact) mass is 420 g/mol. The van der Waals surface area contributed by atoms with Crippen molar-refractivity contribution >= 4 is 27.6 Å². The van der Waals surface area contributed by atoms with E-state index >= 15 is 0 Å². The van der Waals surface area contributed by atoms with E-state index in [2.05, 4.69) is 10.0 Å². The van der Waals surface area contributed by atoms with Crippen LogP contribution < -0.4 is 14.8 Å². The lowest BCUT2D eigenvalue weighted by Gasteiger charge is -2.12. The van der Waals surface area contributed by atoms with Gasteiger partial charge in [0.25, 0.3) is 5.91 Å². The Balaban J connectivity index is 1.90. The van der Waals surface area contributed by atoms with Gasteiger partial charge in [0, 0.05) is 11.7 Å². The molecule has 0 heterocycles. The number of rotatable bonds is 9. The molecule has 156 valence electrons. The van der Waals surface area contributed by atoms with Crippen LogP contribution in [0.15, 0.2) is 53.4 Å². The third-order valence-corrected chi connectivity index (χ3v) is 5.68. The van der Waals surface area contributed by atoms with Gasteiger partial charge in [-0.3, -0.25) is 4.79 Å². The van der Waals surface area contributed by atoms with Gasteiger partial charge in [0.2, 0.25) is 10.0 Å². The maximum atomic E-state index is 12.2. The van der Waals surface area contributed by atoms with Crippen LogP contribution in [0.25, 0.3) is 0 Å². The molecule has 0 radical (unpaired) electrons. The van der Waals surface area contributed by atoms with Crippen molar-refractivity contribution in [3.8, 4) is 5.75 Å². The SMILES string of the molecule is CC[C@@H](C)NS(=O)(=O)c1ccc(C(=O)OCC(=O)Nc2ccc(OC)cc2)cc1. The van der Waals surface area contributed by atoms with E-state index in [0.717, 1.165) is 0 Å². The molecule has 1 atom stereocenters. The molecule has 0 unspecified atom stereocenters. The number of benzene rings is 2. The fourth-order valence-electron chi connectivity index (χ4n) is 2.27. The second-order valence-electron chi connectivity index (χ2n) is 6.31. The quantitative estimate of drug-likeness (QED) is 0.603. The summed E-state index contributed by atoms with van der Waals surface area (Å²) in [6, 6.07) is 11.8. The number of anilines is 1. The van der Waals surface area contributed by atoms with Crippen LogP contribution in [-0.4, -0.2) is 40.1 Å². The predicted octanol–water partition coefficient (Wildman–Crippen LogP) is 2.57. The van der Waals surface area contributed by atoms with Crippen LogP contribution in [0, 0.1) is 0 Å². The topological polar surface area (TPSA) is 111 Å². The van der Waals surface area contributed by atoms with Gasteiger partial charge in [-0.1, -0.05) is 6.92 Å². The summed E-state index contributed by atoms with van der Waals surface area (Å²) in [7, 11) is -2.12. The summed E-state index contributed by atoms with van der Waals surface area (Å²) in [5.41, 5.74) is 0.681. The zero-order valence-electron chi connectivity index (χ0n) is 16.5. The van der Waals surface area contributed by atoms with E-state index in [1.807, 2.05) is 6.92 Å². The molecule has 0 bridgehead atoms. The number of esters is 1. The largest absolute Gasteiger partial charge is 0.497 e. The molecular weight excluding hydrogens is 396 g/mol. The molecule has 0 spiro atoms. The highest BCUT2D eigenvalue weighted by atomic mass is 32.2. The van der Waals surface area contributed by atoms with Crippen LogP contribution in [0.5, 0.6) is 5.75 Å². The normalized spacial score (nSPS) is 12.1. The minimum absolute atomic E-state index is 0.0478. The van der Waals surface area contributed by atoms with Crippen LogP contribution in [-0.2, 0) is 19.6 Å². The van der Waals surface area contributed by atoms with Crippen LogP contribution >= 0.6 is 0 Å². The molecule has 2 aromatic carbocycles. The van der Waals surface area contributed by atoms with Gasteiger partial charge in [-0.05, 0) is 61.9 Å². The maximum Gasteiger partial charge on any atom is 0.338 e. The molecule has 2 rings (SSSR count). The lowest BCUT2D eigenvalue weighted by atomic mass is 10.2. The molecule has 1 amide bonds. The van der Waals surface area contributed by atoms with Gasteiger partial charge in [0.05, 0.1) is 17.6 Å². The fourth-order valence-corrected chi connectivity index (χ4v) is 3.60. The second-order valence-corrected chi connectivity index (χ2v) is 8.02. The summed E-state index contributed by atoms with van der Waals surface area (Å²) in [5, 5.41) is 2.59. The molecule has 0 saturated carbocycles. The number of hydrogen-bond donors (Lipinski definition) is 2. The minimum atomic E-state index is -3.65. The first-order valence-electron chi connectivity index (χ1n) is 8.98. The van der Waals surface area contributed by atoms with Crippen molar-refractivity contribution in [3.63, 3.8) is 0 Å². The molecule has 9 heteroatoms. The number of carbonyl (C=O) groups is 2. The van der Waals surface area contributed by atoms with Crippen molar-refractivity contribution in [2.24, 2.45) is 0 Å². The molecule has 0 aliphatic heterocycles. The lowest BCUT2D eigenvalue weighted by Crippen LogP contribution is -2.32. The van der Waals surface area contributed by atoms with Gasteiger partial charge in [-0.15, -0.1) is 0 Å². The van der Waals surface area contributed by atoms with Crippen molar-refractivity contribution < 1.29 is 27.5 Å². The Hall–Kier alpha value is -2.91. The standard InChI is InChI=1S/C20H24N2O6S/c1-4-14(2)22-29(25,26)18-11-5-15(6-12-18)20(24)28-13-19(23)21-16-7-9-17(27-3)10-8-16/h5-12,14,22H,4,13H2,1-3H3,(H,21,23)/t14-/m1/s1. The summed E-state index contributed by atoms with van der Waals surface area (Å²) in [6.07, 6.45) is 0.655. The Morgan fingerprint density at radius 1 is 1.03 bits per heavy atom. The van der Waals surface area contributed by atoms with Crippen molar-refractivity contribution in [2.45, 2.75) is 31.2 Å². The lowest BCUT2D eigenvalue weighted by molar-refractivity contribution is -0.119. The Kier molecular flexibility index (Phi) is 7.74. The first-order chi connectivity index (χ1) is 13.7. The Labute approximate surface area is 170 Å². The van der Waals surface area contributed by atoms with E-state index in [-0.39, 0.29) is 16.5 Å². The number of amides is 1. The summed E-state index contributed by atoms with van der Waals surface area (Å²) in [4.78, 5) is 24.0. The molecule has 29 heavy (non-hydrogen) atoms. The molecule has 2 N–H and O–H groups in total. The molecule has 0 aliphatic carbocycles. The molecule has 2 aromatic rings. The van der Waals surface area contributed by atoms with Crippen LogP contribution in [0.1, 0.15) is 30.6 Å². The van der Waals surface area contributed by atoms with Crippen LogP contribution in [0.4, 0.5) is 5.69 Å². The van der Waals surface area contributed by atoms with E-state index in [1.165, 1.54) is 31.4 Å². The predicted molar refractivity (Wildman–Crippen MR) is 108 cm³/mol. The summed E-state index contributed by atoms with van der Waals surface area (Å²) >= 11 is 0. The highest BCUT2D eigenvalue weighted by Gasteiger charge is 2.18. The average molecular weight is 420 g/mol. The highest BCUT2D eigenvalue weighted by molar-refractivity contribution is 7.89. The molecule has 0 aromatic heterocycles. The van der Waals surface area contributed by atoms with Crippen LogP contribution in [0.3, 0.4) is 0 Å².